The van der Waals surface area contributed by atoms with E-state index in [4.69, 9.17) is 0 Å². The third-order valence-electron chi connectivity index (χ3n) is 4.35. The van der Waals surface area contributed by atoms with Crippen molar-refractivity contribution >= 4 is 11.6 Å². The number of carbonyl (C=O) groups excluding carboxylic acids is 1. The van der Waals surface area contributed by atoms with E-state index in [0.717, 1.165) is 24.6 Å². The van der Waals surface area contributed by atoms with Crippen molar-refractivity contribution in [3.8, 4) is 0 Å². The topological polar surface area (TPSA) is 20.3 Å². The van der Waals surface area contributed by atoms with E-state index in [-0.39, 0.29) is 11.3 Å². The van der Waals surface area contributed by atoms with Gasteiger partial charge in [0.15, 0.2) is 0 Å². The predicted octanol–water partition coefficient (Wildman–Crippen LogP) is 3.28. The van der Waals surface area contributed by atoms with Gasteiger partial charge in [0.2, 0.25) is 5.91 Å². The van der Waals surface area contributed by atoms with Gasteiger partial charge < -0.3 is 4.90 Å². The molecule has 0 N–H and O–H groups in total. The fourth-order valence-electron chi connectivity index (χ4n) is 2.85. The van der Waals surface area contributed by atoms with Crippen molar-refractivity contribution in [1.82, 2.24) is 0 Å². The standard InChI is InChI=1S/C16H21NO/c1-4-11-7-8-13-14(9-11)17(10-12-5-6-12)15(18)16(13,2)3/h7-9,12H,4-6,10H2,1-3H3. The van der Waals surface area contributed by atoms with Gasteiger partial charge >= 0.3 is 0 Å². The molecule has 2 heteroatoms. The van der Waals surface area contributed by atoms with Crippen LogP contribution in [0.25, 0.3) is 0 Å². The molecule has 3 rings (SSSR count). The molecule has 1 fully saturated rings. The monoisotopic (exact) mass is 243 g/mol. The van der Waals surface area contributed by atoms with Gasteiger partial charge in [-0.2, -0.15) is 0 Å². The van der Waals surface area contributed by atoms with Crippen LogP contribution in [-0.2, 0) is 16.6 Å². The summed E-state index contributed by atoms with van der Waals surface area (Å²) in [6, 6.07) is 6.53. The van der Waals surface area contributed by atoms with Crippen LogP contribution in [0.5, 0.6) is 0 Å². The molecule has 1 saturated carbocycles. The van der Waals surface area contributed by atoms with Crippen molar-refractivity contribution in [3.63, 3.8) is 0 Å². The molecular formula is C16H21NO. The molecule has 96 valence electrons. The van der Waals surface area contributed by atoms with Gasteiger partial charge in [-0.1, -0.05) is 19.1 Å². The van der Waals surface area contributed by atoms with E-state index in [2.05, 4.69) is 25.1 Å². The Bertz CT molecular complexity index is 500. The van der Waals surface area contributed by atoms with E-state index >= 15 is 0 Å². The van der Waals surface area contributed by atoms with E-state index in [1.807, 2.05) is 18.7 Å². The summed E-state index contributed by atoms with van der Waals surface area (Å²) >= 11 is 0. The molecule has 1 amide bonds. The van der Waals surface area contributed by atoms with Gasteiger partial charge in [0.1, 0.15) is 0 Å². The number of fused-ring (bicyclic) bond motifs is 1. The second-order valence-corrected chi connectivity index (χ2v) is 6.19. The zero-order chi connectivity index (χ0) is 12.9. The first-order chi connectivity index (χ1) is 8.54. The minimum atomic E-state index is -0.351. The summed E-state index contributed by atoms with van der Waals surface area (Å²) in [6.07, 6.45) is 3.60. The first-order valence-corrected chi connectivity index (χ1v) is 6.99. The molecule has 1 aliphatic heterocycles. The number of rotatable bonds is 3. The van der Waals surface area contributed by atoms with Gasteiger partial charge in [-0.3, -0.25) is 4.79 Å². The van der Waals surface area contributed by atoms with Gasteiger partial charge in [0.05, 0.1) is 5.41 Å². The van der Waals surface area contributed by atoms with Crippen LogP contribution >= 0.6 is 0 Å². The second-order valence-electron chi connectivity index (χ2n) is 6.19. The maximum absolute atomic E-state index is 12.6. The van der Waals surface area contributed by atoms with E-state index in [9.17, 15) is 4.79 Å². The third-order valence-corrected chi connectivity index (χ3v) is 4.35. The fraction of sp³-hybridized carbons (Fsp3) is 0.562. The van der Waals surface area contributed by atoms with Gasteiger partial charge in [-0.05, 0) is 56.2 Å². The molecular weight excluding hydrogens is 222 g/mol. The van der Waals surface area contributed by atoms with Crippen molar-refractivity contribution in [2.45, 2.75) is 45.4 Å². The molecule has 0 unspecified atom stereocenters. The predicted molar refractivity (Wildman–Crippen MR) is 73.9 cm³/mol. The maximum atomic E-state index is 12.6. The normalized spacial score (nSPS) is 21.3. The van der Waals surface area contributed by atoms with Crippen LogP contribution in [0.3, 0.4) is 0 Å². The smallest absolute Gasteiger partial charge is 0.237 e. The number of hydrogen-bond donors (Lipinski definition) is 0. The van der Waals surface area contributed by atoms with Crippen molar-refractivity contribution in [3.05, 3.63) is 29.3 Å². The lowest BCUT2D eigenvalue weighted by Gasteiger charge is -2.20. The number of aryl methyl sites for hydroxylation is 1. The number of amides is 1. The maximum Gasteiger partial charge on any atom is 0.237 e. The van der Waals surface area contributed by atoms with Crippen molar-refractivity contribution in [1.29, 1.82) is 0 Å². The summed E-state index contributed by atoms with van der Waals surface area (Å²) in [5.74, 6) is 1.01. The van der Waals surface area contributed by atoms with E-state index in [1.165, 1.54) is 24.0 Å². The average Bonchev–Trinajstić information content (AvgIpc) is 3.15. The number of anilines is 1. The number of carbonyl (C=O) groups is 1. The van der Waals surface area contributed by atoms with Crippen molar-refractivity contribution in [2.75, 3.05) is 11.4 Å². The van der Waals surface area contributed by atoms with E-state index in [0.29, 0.717) is 0 Å². The molecule has 1 heterocycles. The van der Waals surface area contributed by atoms with Crippen molar-refractivity contribution < 1.29 is 4.79 Å². The van der Waals surface area contributed by atoms with Gasteiger partial charge in [0, 0.05) is 12.2 Å². The zero-order valence-electron chi connectivity index (χ0n) is 11.5. The number of benzene rings is 1. The Labute approximate surface area is 109 Å². The Morgan fingerprint density at radius 2 is 2.06 bits per heavy atom. The Morgan fingerprint density at radius 3 is 2.67 bits per heavy atom. The first-order valence-electron chi connectivity index (χ1n) is 6.99. The van der Waals surface area contributed by atoms with Crippen LogP contribution in [0, 0.1) is 5.92 Å². The highest BCUT2D eigenvalue weighted by molar-refractivity contribution is 6.07. The van der Waals surface area contributed by atoms with Crippen LogP contribution in [0.4, 0.5) is 5.69 Å². The lowest BCUT2D eigenvalue weighted by atomic mass is 9.86. The van der Waals surface area contributed by atoms with Crippen LogP contribution in [-0.4, -0.2) is 12.5 Å². The molecule has 0 spiro atoms. The zero-order valence-corrected chi connectivity index (χ0v) is 11.5. The van der Waals surface area contributed by atoms with Crippen LogP contribution in [0.2, 0.25) is 0 Å². The highest BCUT2D eigenvalue weighted by atomic mass is 16.2. The van der Waals surface area contributed by atoms with Crippen molar-refractivity contribution in [2.24, 2.45) is 5.92 Å². The van der Waals surface area contributed by atoms with Crippen LogP contribution in [0.1, 0.15) is 44.7 Å². The summed E-state index contributed by atoms with van der Waals surface area (Å²) in [4.78, 5) is 14.6. The second kappa shape index (κ2) is 3.84. The van der Waals surface area contributed by atoms with E-state index in [1.54, 1.807) is 0 Å². The number of hydrogen-bond acceptors (Lipinski definition) is 1. The molecule has 0 bridgehead atoms. The summed E-state index contributed by atoms with van der Waals surface area (Å²) < 4.78 is 0. The summed E-state index contributed by atoms with van der Waals surface area (Å²) in [6.45, 7) is 7.18. The lowest BCUT2D eigenvalue weighted by Crippen LogP contribution is -2.37. The Balaban J connectivity index is 2.05. The molecule has 0 radical (unpaired) electrons. The van der Waals surface area contributed by atoms with Gasteiger partial charge in [-0.15, -0.1) is 0 Å². The Hall–Kier alpha value is -1.31. The minimum Gasteiger partial charge on any atom is -0.311 e. The third kappa shape index (κ3) is 1.66. The Morgan fingerprint density at radius 1 is 1.33 bits per heavy atom. The molecule has 1 aliphatic carbocycles. The molecule has 0 aromatic heterocycles. The molecule has 1 aromatic rings. The molecule has 0 atom stereocenters. The summed E-state index contributed by atoms with van der Waals surface area (Å²) in [5.41, 5.74) is 3.33. The SMILES string of the molecule is CCc1ccc2c(c1)N(CC1CC1)C(=O)C2(C)C. The van der Waals surface area contributed by atoms with Crippen LogP contribution in [0.15, 0.2) is 18.2 Å². The summed E-state index contributed by atoms with van der Waals surface area (Å²) in [5, 5.41) is 0. The molecule has 1 aromatic carbocycles. The highest BCUT2D eigenvalue weighted by Gasteiger charge is 2.45. The van der Waals surface area contributed by atoms with Crippen LogP contribution < -0.4 is 4.90 Å². The quantitative estimate of drug-likeness (QED) is 0.797. The fourth-order valence-corrected chi connectivity index (χ4v) is 2.85. The minimum absolute atomic E-state index is 0.276. The lowest BCUT2D eigenvalue weighted by molar-refractivity contribution is -0.122. The largest absolute Gasteiger partial charge is 0.311 e. The first kappa shape index (κ1) is 11.8. The average molecular weight is 243 g/mol. The molecule has 2 aliphatic rings. The number of nitrogens with zero attached hydrogens (tertiary/aromatic N) is 1. The molecule has 2 nitrogen and oxygen atoms in total. The highest BCUT2D eigenvalue weighted by Crippen LogP contribution is 2.44. The van der Waals surface area contributed by atoms with Gasteiger partial charge in [-0.25, -0.2) is 0 Å². The van der Waals surface area contributed by atoms with Gasteiger partial charge in [0.25, 0.3) is 0 Å². The Kier molecular flexibility index (Phi) is 2.51. The molecule has 0 saturated heterocycles. The van der Waals surface area contributed by atoms with E-state index < -0.39 is 0 Å². The molecule has 18 heavy (non-hydrogen) atoms. The summed E-state index contributed by atoms with van der Waals surface area (Å²) in [7, 11) is 0.